The van der Waals surface area contributed by atoms with Gasteiger partial charge >= 0.3 is 0 Å². The number of methoxy groups -OCH3 is 2. The summed E-state index contributed by atoms with van der Waals surface area (Å²) in [5.74, 6) is 2.39. The molecule has 7 nitrogen and oxygen atoms in total. The minimum absolute atomic E-state index is 0.467. The normalized spacial score (nSPS) is 17.3. The summed E-state index contributed by atoms with van der Waals surface area (Å²) in [6.07, 6.45) is 2.81. The summed E-state index contributed by atoms with van der Waals surface area (Å²) in [6, 6.07) is 15.7. The highest BCUT2D eigenvalue weighted by atomic mass is 79.9. The van der Waals surface area contributed by atoms with Gasteiger partial charge in [0.05, 0.1) is 34.0 Å². The first-order valence-corrected chi connectivity index (χ1v) is 13.4. The third kappa shape index (κ3) is 5.71. The average molecular weight is 570 g/mol. The SMILES string of the molecule is COc1cc(-c2ccc(C(C=O)C(OCC3CC3)c3ccccc3N3CCOCC3)o2)cc(OC)c1Br. The van der Waals surface area contributed by atoms with Crippen LogP contribution < -0.4 is 14.4 Å². The fourth-order valence-corrected chi connectivity index (χ4v) is 5.27. The number of benzene rings is 2. The third-order valence-electron chi connectivity index (χ3n) is 6.96. The molecule has 0 radical (unpaired) electrons. The molecule has 8 heteroatoms. The van der Waals surface area contributed by atoms with Crippen LogP contribution in [0.25, 0.3) is 11.3 Å². The van der Waals surface area contributed by atoms with E-state index in [4.69, 9.17) is 23.4 Å². The van der Waals surface area contributed by atoms with Gasteiger partial charge in [0.15, 0.2) is 0 Å². The van der Waals surface area contributed by atoms with Crippen molar-refractivity contribution in [2.45, 2.75) is 24.9 Å². The Kier molecular flexibility index (Phi) is 8.17. The smallest absolute Gasteiger partial charge is 0.137 e. The Morgan fingerprint density at radius 1 is 1.05 bits per heavy atom. The van der Waals surface area contributed by atoms with Crippen molar-refractivity contribution < 1.29 is 28.2 Å². The van der Waals surface area contributed by atoms with E-state index < -0.39 is 12.0 Å². The molecular formula is C29H32BrNO6. The van der Waals surface area contributed by atoms with Gasteiger partial charge in [-0.25, -0.2) is 0 Å². The van der Waals surface area contributed by atoms with Gasteiger partial charge in [0, 0.05) is 29.9 Å². The van der Waals surface area contributed by atoms with Crippen LogP contribution >= 0.6 is 15.9 Å². The molecule has 1 saturated heterocycles. The molecule has 2 aliphatic rings. The summed E-state index contributed by atoms with van der Waals surface area (Å²) >= 11 is 3.51. The molecule has 1 aliphatic heterocycles. The second-order valence-corrected chi connectivity index (χ2v) is 10.2. The van der Waals surface area contributed by atoms with Crippen LogP contribution in [0.4, 0.5) is 5.69 Å². The van der Waals surface area contributed by atoms with Crippen molar-refractivity contribution in [2.24, 2.45) is 5.92 Å². The van der Waals surface area contributed by atoms with Crippen molar-refractivity contribution >= 4 is 27.9 Å². The lowest BCUT2D eigenvalue weighted by Crippen LogP contribution is -2.37. The van der Waals surface area contributed by atoms with Crippen molar-refractivity contribution in [1.29, 1.82) is 0 Å². The molecule has 2 fully saturated rings. The summed E-state index contributed by atoms with van der Waals surface area (Å²) < 4.78 is 30.1. The van der Waals surface area contributed by atoms with Crippen LogP contribution in [0.5, 0.6) is 11.5 Å². The second-order valence-electron chi connectivity index (χ2n) is 9.41. The molecule has 0 spiro atoms. The maximum atomic E-state index is 12.6. The molecule has 2 atom stereocenters. The van der Waals surface area contributed by atoms with Gasteiger partial charge in [0.2, 0.25) is 0 Å². The number of carbonyl (C=O) groups is 1. The van der Waals surface area contributed by atoms with E-state index >= 15 is 0 Å². The summed E-state index contributed by atoms with van der Waals surface area (Å²) in [6.45, 7) is 3.59. The lowest BCUT2D eigenvalue weighted by atomic mass is 9.92. The molecule has 37 heavy (non-hydrogen) atoms. The maximum absolute atomic E-state index is 12.6. The highest BCUT2D eigenvalue weighted by Crippen LogP contribution is 2.43. The fourth-order valence-electron chi connectivity index (χ4n) is 4.72. The minimum atomic E-state index is -0.603. The molecule has 1 aliphatic carbocycles. The Bertz CT molecular complexity index is 1190. The molecule has 1 saturated carbocycles. The van der Waals surface area contributed by atoms with Gasteiger partial charge in [-0.1, -0.05) is 18.2 Å². The van der Waals surface area contributed by atoms with E-state index in [2.05, 4.69) is 33.0 Å². The Labute approximate surface area is 225 Å². The number of nitrogens with zero attached hydrogens (tertiary/aromatic N) is 1. The van der Waals surface area contributed by atoms with Crippen LogP contribution in [0.15, 0.2) is 57.4 Å². The molecule has 0 amide bonds. The van der Waals surface area contributed by atoms with Gasteiger partial charge in [0.1, 0.15) is 45.8 Å². The number of para-hydroxylation sites is 1. The van der Waals surface area contributed by atoms with E-state index in [0.29, 0.717) is 48.8 Å². The summed E-state index contributed by atoms with van der Waals surface area (Å²) in [5.41, 5.74) is 2.86. The van der Waals surface area contributed by atoms with Crippen LogP contribution in [0.1, 0.15) is 36.2 Å². The molecular weight excluding hydrogens is 538 g/mol. The van der Waals surface area contributed by atoms with E-state index in [1.807, 2.05) is 36.4 Å². The highest BCUT2D eigenvalue weighted by molar-refractivity contribution is 9.10. The molecule has 2 heterocycles. The Morgan fingerprint density at radius 2 is 1.76 bits per heavy atom. The van der Waals surface area contributed by atoms with Crippen LogP contribution in [0, 0.1) is 5.92 Å². The first kappa shape index (κ1) is 25.8. The van der Waals surface area contributed by atoms with Gasteiger partial charge in [-0.3, -0.25) is 0 Å². The monoisotopic (exact) mass is 569 g/mol. The number of furan rings is 1. The van der Waals surface area contributed by atoms with Gasteiger partial charge in [0.25, 0.3) is 0 Å². The van der Waals surface area contributed by atoms with Gasteiger partial charge < -0.3 is 33.1 Å². The largest absolute Gasteiger partial charge is 0.495 e. The van der Waals surface area contributed by atoms with Gasteiger partial charge in [-0.15, -0.1) is 0 Å². The molecule has 2 aromatic carbocycles. The lowest BCUT2D eigenvalue weighted by Gasteiger charge is -2.33. The molecule has 3 aromatic rings. The summed E-state index contributed by atoms with van der Waals surface area (Å²) in [5, 5.41) is 0. The fraction of sp³-hybridized carbons (Fsp3) is 0.414. The zero-order valence-corrected chi connectivity index (χ0v) is 22.7. The van der Waals surface area contributed by atoms with Gasteiger partial charge in [-0.2, -0.15) is 0 Å². The van der Waals surface area contributed by atoms with Crippen molar-refractivity contribution in [3.63, 3.8) is 0 Å². The zero-order chi connectivity index (χ0) is 25.8. The number of morpholine rings is 1. The number of hydrogen-bond donors (Lipinski definition) is 0. The minimum Gasteiger partial charge on any atom is -0.495 e. The Hall–Kier alpha value is -2.81. The molecule has 1 aromatic heterocycles. The molecule has 0 bridgehead atoms. The molecule has 0 N–H and O–H groups in total. The number of hydrogen-bond acceptors (Lipinski definition) is 7. The second kappa shape index (κ2) is 11.7. The predicted octanol–water partition coefficient (Wildman–Crippen LogP) is 6.01. The van der Waals surface area contributed by atoms with Crippen LogP contribution in [0.3, 0.4) is 0 Å². The Morgan fingerprint density at radius 3 is 2.41 bits per heavy atom. The quantitative estimate of drug-likeness (QED) is 0.262. The van der Waals surface area contributed by atoms with Crippen LogP contribution in [-0.2, 0) is 14.3 Å². The third-order valence-corrected chi connectivity index (χ3v) is 7.74. The van der Waals surface area contributed by atoms with Crippen molar-refractivity contribution in [3.05, 3.63) is 64.3 Å². The maximum Gasteiger partial charge on any atom is 0.137 e. The van der Waals surface area contributed by atoms with E-state index in [9.17, 15) is 4.79 Å². The highest BCUT2D eigenvalue weighted by Gasteiger charge is 2.33. The molecule has 5 rings (SSSR count). The first-order chi connectivity index (χ1) is 18.1. The van der Waals surface area contributed by atoms with E-state index in [0.717, 1.165) is 40.7 Å². The number of aldehydes is 1. The number of anilines is 1. The lowest BCUT2D eigenvalue weighted by molar-refractivity contribution is -0.113. The topological polar surface area (TPSA) is 70.4 Å². The van der Waals surface area contributed by atoms with Crippen LogP contribution in [0.2, 0.25) is 0 Å². The Balaban J connectivity index is 1.50. The summed E-state index contributed by atoms with van der Waals surface area (Å²) in [7, 11) is 3.21. The summed E-state index contributed by atoms with van der Waals surface area (Å²) in [4.78, 5) is 14.9. The predicted molar refractivity (Wildman–Crippen MR) is 145 cm³/mol. The van der Waals surface area contributed by atoms with E-state index in [1.54, 1.807) is 14.2 Å². The average Bonchev–Trinajstić information content (AvgIpc) is 3.65. The number of ether oxygens (including phenoxy) is 4. The van der Waals surface area contributed by atoms with Gasteiger partial charge in [-0.05, 0) is 65.0 Å². The van der Waals surface area contributed by atoms with E-state index in [-0.39, 0.29) is 0 Å². The number of halogens is 1. The number of rotatable bonds is 11. The number of carbonyl (C=O) groups excluding carboxylic acids is 1. The zero-order valence-electron chi connectivity index (χ0n) is 21.2. The molecule has 2 unspecified atom stereocenters. The first-order valence-electron chi connectivity index (χ1n) is 12.6. The van der Waals surface area contributed by atoms with Crippen molar-refractivity contribution in [1.82, 2.24) is 0 Å². The van der Waals surface area contributed by atoms with Crippen LogP contribution in [-0.4, -0.2) is 53.4 Å². The van der Waals surface area contributed by atoms with Crippen molar-refractivity contribution in [2.75, 3.05) is 52.0 Å². The standard InChI is InChI=1S/C29H32BrNO6/c1-33-26-15-20(16-27(34-2)28(26)30)24-9-10-25(37-24)22(17-32)29(36-18-19-7-8-19)21-5-3-4-6-23(21)31-11-13-35-14-12-31/h3-6,9-10,15-17,19,22,29H,7-8,11-14,18H2,1-2H3. The van der Waals surface area contributed by atoms with E-state index in [1.165, 1.54) is 12.8 Å². The van der Waals surface area contributed by atoms with Crippen molar-refractivity contribution in [3.8, 4) is 22.8 Å². The molecule has 196 valence electrons.